The Morgan fingerprint density at radius 2 is 2.29 bits per heavy atom. The largest absolute Gasteiger partial charge is 0.476 e. The van der Waals surface area contributed by atoms with Crippen LogP contribution >= 0.6 is 0 Å². The number of nitrogens with two attached hydrogens (primary N) is 1. The van der Waals surface area contributed by atoms with E-state index in [0.717, 1.165) is 25.1 Å². The third-order valence-electron chi connectivity index (χ3n) is 2.80. The summed E-state index contributed by atoms with van der Waals surface area (Å²) >= 11 is 0. The van der Waals surface area contributed by atoms with Crippen molar-refractivity contribution in [3.05, 3.63) is 12.1 Å². The third-order valence-corrected chi connectivity index (χ3v) is 2.80. The highest BCUT2D eigenvalue weighted by molar-refractivity contribution is 5.54. The van der Waals surface area contributed by atoms with E-state index >= 15 is 0 Å². The van der Waals surface area contributed by atoms with Gasteiger partial charge in [0.15, 0.2) is 0 Å². The maximum absolute atomic E-state index is 9.21. The zero-order valence-corrected chi connectivity index (χ0v) is 10.0. The number of anilines is 2. The lowest BCUT2D eigenvalue weighted by atomic mass is 9.89. The first-order chi connectivity index (χ1) is 8.19. The Balaban J connectivity index is 1.97. The van der Waals surface area contributed by atoms with Crippen LogP contribution in [0.2, 0.25) is 0 Å². The van der Waals surface area contributed by atoms with Crippen LogP contribution in [0.4, 0.5) is 11.5 Å². The second-order valence-electron chi connectivity index (χ2n) is 4.41. The van der Waals surface area contributed by atoms with E-state index in [4.69, 9.17) is 10.5 Å². The van der Waals surface area contributed by atoms with Crippen LogP contribution in [0.25, 0.3) is 0 Å². The first-order valence-corrected chi connectivity index (χ1v) is 6.03. The second-order valence-corrected chi connectivity index (χ2v) is 4.41. The number of aliphatic hydroxyl groups excluding tert-OH is 1. The van der Waals surface area contributed by atoms with Gasteiger partial charge in [-0.25, -0.2) is 0 Å². The molecule has 0 unspecified atom stereocenters. The fourth-order valence-corrected chi connectivity index (χ4v) is 1.76. The van der Waals surface area contributed by atoms with Crippen molar-refractivity contribution in [2.75, 3.05) is 17.7 Å². The van der Waals surface area contributed by atoms with Crippen molar-refractivity contribution >= 4 is 11.5 Å². The number of nitrogen functional groups attached to an aromatic ring is 1. The Morgan fingerprint density at radius 3 is 2.94 bits per heavy atom. The molecule has 0 atom stereocenters. The number of ether oxygens (including phenoxy) is 1. The summed E-state index contributed by atoms with van der Waals surface area (Å²) in [6, 6.07) is 3.93. The van der Waals surface area contributed by atoms with E-state index in [-0.39, 0.29) is 6.10 Å². The summed E-state index contributed by atoms with van der Waals surface area (Å²) in [5, 5.41) is 12.5. The topological polar surface area (TPSA) is 80.4 Å². The lowest BCUT2D eigenvalue weighted by Crippen LogP contribution is -2.39. The summed E-state index contributed by atoms with van der Waals surface area (Å²) in [7, 11) is 0. The predicted octanol–water partition coefficient (Wildman–Crippen LogP) is 1.39. The van der Waals surface area contributed by atoms with E-state index in [9.17, 15) is 5.11 Å². The van der Waals surface area contributed by atoms with Crippen molar-refractivity contribution in [2.24, 2.45) is 0 Å². The van der Waals surface area contributed by atoms with Gasteiger partial charge in [0, 0.05) is 6.04 Å². The molecule has 1 aliphatic rings. The van der Waals surface area contributed by atoms with Crippen molar-refractivity contribution in [2.45, 2.75) is 38.3 Å². The molecule has 2 rings (SSSR count). The van der Waals surface area contributed by atoms with Gasteiger partial charge in [0.25, 0.3) is 0 Å². The Morgan fingerprint density at radius 1 is 1.53 bits per heavy atom. The molecule has 0 saturated heterocycles. The molecule has 17 heavy (non-hydrogen) atoms. The summed E-state index contributed by atoms with van der Waals surface area (Å²) < 4.78 is 5.46. The van der Waals surface area contributed by atoms with E-state index in [1.165, 1.54) is 0 Å². The minimum atomic E-state index is -0.169. The molecule has 0 amide bonds. The van der Waals surface area contributed by atoms with E-state index in [2.05, 4.69) is 10.3 Å². The third kappa shape index (κ3) is 3.00. The van der Waals surface area contributed by atoms with Crippen LogP contribution in [-0.4, -0.2) is 28.8 Å². The Bertz CT molecular complexity index is 378. The highest BCUT2D eigenvalue weighted by atomic mass is 16.5. The average Bonchev–Trinajstić information content (AvgIpc) is 2.27. The fourth-order valence-electron chi connectivity index (χ4n) is 1.76. The average molecular weight is 237 g/mol. The molecule has 5 heteroatoms. The van der Waals surface area contributed by atoms with Gasteiger partial charge in [-0.15, -0.1) is 0 Å². The van der Waals surface area contributed by atoms with Crippen molar-refractivity contribution in [1.82, 2.24) is 4.98 Å². The van der Waals surface area contributed by atoms with Gasteiger partial charge in [0.1, 0.15) is 5.82 Å². The monoisotopic (exact) mass is 237 g/mol. The predicted molar refractivity (Wildman–Crippen MR) is 67.1 cm³/mol. The van der Waals surface area contributed by atoms with Crippen LogP contribution in [0, 0.1) is 0 Å². The van der Waals surface area contributed by atoms with Gasteiger partial charge in [-0.05, 0) is 31.4 Å². The summed E-state index contributed by atoms with van der Waals surface area (Å²) in [5.41, 5.74) is 6.33. The normalized spacial score (nSPS) is 22.9. The molecule has 1 heterocycles. The molecule has 94 valence electrons. The first kappa shape index (κ1) is 12.0. The molecule has 0 aromatic carbocycles. The zero-order valence-electron chi connectivity index (χ0n) is 10.0. The molecule has 0 aliphatic heterocycles. The highest BCUT2D eigenvalue weighted by Gasteiger charge is 2.27. The van der Waals surface area contributed by atoms with Crippen molar-refractivity contribution < 1.29 is 9.84 Å². The highest BCUT2D eigenvalue weighted by Crippen LogP contribution is 2.26. The van der Waals surface area contributed by atoms with E-state index in [1.54, 1.807) is 6.07 Å². The smallest absolute Gasteiger partial charge is 0.239 e. The molecule has 0 spiro atoms. The van der Waals surface area contributed by atoms with Gasteiger partial charge in [0.2, 0.25) is 5.88 Å². The summed E-state index contributed by atoms with van der Waals surface area (Å²) in [6.07, 6.45) is 2.30. The SMILES string of the molecule is CCCOc1nc(NC2CC(O)C2)ccc1N. The van der Waals surface area contributed by atoms with Crippen LogP contribution in [-0.2, 0) is 0 Å². The molecule has 1 fully saturated rings. The Kier molecular flexibility index (Phi) is 3.68. The minimum Gasteiger partial charge on any atom is -0.476 e. The van der Waals surface area contributed by atoms with E-state index in [0.29, 0.717) is 24.2 Å². The maximum Gasteiger partial charge on any atom is 0.239 e. The van der Waals surface area contributed by atoms with Crippen LogP contribution in [0.3, 0.4) is 0 Å². The molecule has 0 radical (unpaired) electrons. The molecular weight excluding hydrogens is 218 g/mol. The Labute approximate surface area is 101 Å². The molecule has 1 aromatic rings. The van der Waals surface area contributed by atoms with Gasteiger partial charge in [-0.1, -0.05) is 6.92 Å². The molecule has 1 aromatic heterocycles. The van der Waals surface area contributed by atoms with Gasteiger partial charge in [-0.2, -0.15) is 4.98 Å². The fraction of sp³-hybridized carbons (Fsp3) is 0.583. The summed E-state index contributed by atoms with van der Waals surface area (Å²) in [5.74, 6) is 1.24. The number of pyridine rings is 1. The standard InChI is InChI=1S/C12H19N3O2/c1-2-5-17-12-10(13)3-4-11(15-12)14-8-6-9(16)7-8/h3-4,8-9,16H,2,5-7,13H2,1H3,(H,14,15). The number of hydrogen-bond acceptors (Lipinski definition) is 5. The van der Waals surface area contributed by atoms with Gasteiger partial charge < -0.3 is 20.9 Å². The summed E-state index contributed by atoms with van der Waals surface area (Å²) in [4.78, 5) is 4.32. The lowest BCUT2D eigenvalue weighted by Gasteiger charge is -2.32. The zero-order chi connectivity index (χ0) is 12.3. The molecule has 1 saturated carbocycles. The van der Waals surface area contributed by atoms with Crippen molar-refractivity contribution in [1.29, 1.82) is 0 Å². The molecule has 4 N–H and O–H groups in total. The van der Waals surface area contributed by atoms with Gasteiger partial charge >= 0.3 is 0 Å². The van der Waals surface area contributed by atoms with Gasteiger partial charge in [0.05, 0.1) is 18.4 Å². The molecule has 0 bridgehead atoms. The van der Waals surface area contributed by atoms with Crippen molar-refractivity contribution in [3.63, 3.8) is 0 Å². The first-order valence-electron chi connectivity index (χ1n) is 6.03. The van der Waals surface area contributed by atoms with E-state index < -0.39 is 0 Å². The number of rotatable bonds is 5. The molecule has 5 nitrogen and oxygen atoms in total. The van der Waals surface area contributed by atoms with Gasteiger partial charge in [-0.3, -0.25) is 0 Å². The van der Waals surface area contributed by atoms with Crippen molar-refractivity contribution in [3.8, 4) is 5.88 Å². The van der Waals surface area contributed by atoms with E-state index in [1.807, 2.05) is 13.0 Å². The number of aromatic nitrogens is 1. The van der Waals surface area contributed by atoms with Crippen LogP contribution < -0.4 is 15.8 Å². The number of nitrogens with zero attached hydrogens (tertiary/aromatic N) is 1. The maximum atomic E-state index is 9.21. The van der Waals surface area contributed by atoms with Crippen LogP contribution in [0.1, 0.15) is 26.2 Å². The number of hydrogen-bond donors (Lipinski definition) is 3. The van der Waals surface area contributed by atoms with Crippen LogP contribution in [0.5, 0.6) is 5.88 Å². The number of nitrogens with one attached hydrogen (secondary N) is 1. The summed E-state index contributed by atoms with van der Waals surface area (Å²) in [6.45, 7) is 2.65. The quantitative estimate of drug-likeness (QED) is 0.721. The Hall–Kier alpha value is -1.49. The molecule has 1 aliphatic carbocycles. The second kappa shape index (κ2) is 5.23. The van der Waals surface area contributed by atoms with Crippen LogP contribution in [0.15, 0.2) is 12.1 Å². The lowest BCUT2D eigenvalue weighted by molar-refractivity contribution is 0.0835. The minimum absolute atomic E-state index is 0.169. The molecular formula is C12H19N3O2. The number of aliphatic hydroxyl groups is 1.